The Morgan fingerprint density at radius 2 is 1.72 bits per heavy atom. The number of hydrogen-bond donors (Lipinski definition) is 2. The van der Waals surface area contributed by atoms with E-state index >= 15 is 0 Å². The van der Waals surface area contributed by atoms with Crippen LogP contribution in [0.4, 0.5) is 0 Å². The van der Waals surface area contributed by atoms with E-state index in [-0.39, 0.29) is 0 Å². The van der Waals surface area contributed by atoms with Gasteiger partial charge in [-0.3, -0.25) is 25.4 Å². The molecule has 0 unspecified atom stereocenters. The van der Waals surface area contributed by atoms with Gasteiger partial charge in [-0.05, 0) is 24.3 Å². The zero-order chi connectivity index (χ0) is 13.0. The van der Waals surface area contributed by atoms with E-state index in [9.17, 15) is 9.59 Å². The maximum Gasteiger partial charge on any atom is 0.279 e. The number of nitrogens with one attached hydrogen (secondary N) is 2. The van der Waals surface area contributed by atoms with E-state index in [1.165, 1.54) is 12.4 Å². The Kier molecular flexibility index (Phi) is 3.91. The first-order chi connectivity index (χ1) is 8.66. The van der Waals surface area contributed by atoms with E-state index in [0.29, 0.717) is 14.8 Å². The highest BCUT2D eigenvalue weighted by Crippen LogP contribution is 2.20. The number of aromatic nitrogens is 1. The van der Waals surface area contributed by atoms with Gasteiger partial charge in [0.05, 0.1) is 9.21 Å². The van der Waals surface area contributed by atoms with Crippen LogP contribution in [0.25, 0.3) is 0 Å². The number of thiophene rings is 1. The van der Waals surface area contributed by atoms with Crippen molar-refractivity contribution in [2.45, 2.75) is 0 Å². The lowest BCUT2D eigenvalue weighted by atomic mass is 10.3. The van der Waals surface area contributed by atoms with Crippen molar-refractivity contribution in [3.63, 3.8) is 0 Å². The third-order valence-electron chi connectivity index (χ3n) is 2.03. The molecule has 2 N–H and O–H groups in total. The van der Waals surface area contributed by atoms with Gasteiger partial charge in [-0.15, -0.1) is 11.3 Å². The highest BCUT2D eigenvalue weighted by molar-refractivity contribution is 7.17. The first-order valence-corrected chi connectivity index (χ1v) is 6.12. The lowest BCUT2D eigenvalue weighted by Gasteiger charge is -2.05. The summed E-state index contributed by atoms with van der Waals surface area (Å²) in [5.74, 6) is -0.817. The maximum absolute atomic E-state index is 11.6. The Morgan fingerprint density at radius 1 is 1.06 bits per heavy atom. The second-order valence-corrected chi connectivity index (χ2v) is 4.96. The average molecular weight is 282 g/mol. The maximum atomic E-state index is 11.6. The van der Waals surface area contributed by atoms with Gasteiger partial charge in [-0.2, -0.15) is 0 Å². The highest BCUT2D eigenvalue weighted by atomic mass is 35.5. The number of halogens is 1. The topological polar surface area (TPSA) is 71.1 Å². The summed E-state index contributed by atoms with van der Waals surface area (Å²) >= 11 is 6.84. The van der Waals surface area contributed by atoms with Crippen LogP contribution in [-0.2, 0) is 0 Å². The van der Waals surface area contributed by atoms with Gasteiger partial charge in [0, 0.05) is 18.0 Å². The third-order valence-corrected chi connectivity index (χ3v) is 3.26. The fourth-order valence-corrected chi connectivity index (χ4v) is 2.13. The smallest absolute Gasteiger partial charge is 0.267 e. The molecule has 2 heterocycles. The molecule has 0 radical (unpaired) electrons. The summed E-state index contributed by atoms with van der Waals surface area (Å²) in [7, 11) is 0. The molecule has 0 bridgehead atoms. The van der Waals surface area contributed by atoms with Gasteiger partial charge in [0.25, 0.3) is 11.8 Å². The Hall–Kier alpha value is -1.92. The first-order valence-electron chi connectivity index (χ1n) is 4.93. The Labute approximate surface area is 112 Å². The molecule has 0 aliphatic heterocycles. The Balaban J connectivity index is 1.92. The van der Waals surface area contributed by atoms with Crippen molar-refractivity contribution in [1.29, 1.82) is 0 Å². The fraction of sp³-hybridized carbons (Fsp3) is 0. The molecule has 0 aliphatic carbocycles. The number of hydrogen-bond acceptors (Lipinski definition) is 4. The minimum absolute atomic E-state index is 0.408. The van der Waals surface area contributed by atoms with Crippen molar-refractivity contribution in [2.75, 3.05) is 0 Å². The number of carbonyl (C=O) groups excluding carboxylic acids is 2. The van der Waals surface area contributed by atoms with E-state index in [1.54, 1.807) is 24.3 Å². The Bertz CT molecular complexity index is 571. The van der Waals surface area contributed by atoms with Gasteiger partial charge >= 0.3 is 0 Å². The molecule has 0 fully saturated rings. The van der Waals surface area contributed by atoms with Gasteiger partial charge in [0.1, 0.15) is 0 Å². The van der Waals surface area contributed by atoms with E-state index < -0.39 is 11.8 Å². The Morgan fingerprint density at radius 3 is 2.33 bits per heavy atom. The summed E-state index contributed by atoms with van der Waals surface area (Å²) in [5, 5.41) is 0. The van der Waals surface area contributed by atoms with Crippen LogP contribution in [0.1, 0.15) is 20.0 Å². The first kappa shape index (κ1) is 12.5. The summed E-state index contributed by atoms with van der Waals surface area (Å²) < 4.78 is 0.514. The van der Waals surface area contributed by atoms with Gasteiger partial charge in [0.15, 0.2) is 0 Å². The largest absolute Gasteiger partial charge is 0.279 e. The molecule has 0 atom stereocenters. The summed E-state index contributed by atoms with van der Waals surface area (Å²) in [6.45, 7) is 0. The van der Waals surface area contributed by atoms with Gasteiger partial charge in [-0.1, -0.05) is 11.6 Å². The number of amides is 2. The van der Waals surface area contributed by atoms with Crippen molar-refractivity contribution < 1.29 is 9.59 Å². The molecule has 0 saturated carbocycles. The van der Waals surface area contributed by atoms with Crippen molar-refractivity contribution >= 4 is 34.8 Å². The van der Waals surface area contributed by atoms with Crippen LogP contribution in [0.15, 0.2) is 36.7 Å². The van der Waals surface area contributed by atoms with Crippen LogP contribution in [-0.4, -0.2) is 16.8 Å². The number of rotatable bonds is 2. The number of hydrazine groups is 1. The summed E-state index contributed by atoms with van der Waals surface area (Å²) in [5.41, 5.74) is 5.02. The summed E-state index contributed by atoms with van der Waals surface area (Å²) in [4.78, 5) is 27.4. The van der Waals surface area contributed by atoms with Crippen LogP contribution in [0.2, 0.25) is 4.34 Å². The van der Waals surface area contributed by atoms with Crippen molar-refractivity contribution in [3.8, 4) is 0 Å². The van der Waals surface area contributed by atoms with Crippen molar-refractivity contribution in [1.82, 2.24) is 15.8 Å². The predicted molar refractivity (Wildman–Crippen MR) is 68.5 cm³/mol. The molecule has 18 heavy (non-hydrogen) atoms. The van der Waals surface area contributed by atoms with Crippen LogP contribution >= 0.6 is 22.9 Å². The molecule has 0 spiro atoms. The normalized spacial score (nSPS) is 9.83. The average Bonchev–Trinajstić information content (AvgIpc) is 2.83. The molecule has 2 rings (SSSR count). The molecule has 5 nitrogen and oxygen atoms in total. The zero-order valence-corrected chi connectivity index (χ0v) is 10.6. The third kappa shape index (κ3) is 3.06. The SMILES string of the molecule is O=C(NNC(=O)c1ccc(Cl)s1)c1ccncc1. The van der Waals surface area contributed by atoms with Crippen molar-refractivity contribution in [2.24, 2.45) is 0 Å². The number of nitrogens with zero attached hydrogens (tertiary/aromatic N) is 1. The highest BCUT2D eigenvalue weighted by Gasteiger charge is 2.10. The van der Waals surface area contributed by atoms with Gasteiger partial charge < -0.3 is 0 Å². The van der Waals surface area contributed by atoms with E-state index in [1.807, 2.05) is 0 Å². The molecular formula is C11H8ClN3O2S. The van der Waals surface area contributed by atoms with Crippen molar-refractivity contribution in [3.05, 3.63) is 51.4 Å². The molecule has 92 valence electrons. The molecule has 0 aromatic carbocycles. The molecule has 7 heteroatoms. The van der Waals surface area contributed by atoms with Crippen LogP contribution < -0.4 is 10.9 Å². The zero-order valence-electron chi connectivity index (χ0n) is 9.01. The van der Waals surface area contributed by atoms with Gasteiger partial charge in [0.2, 0.25) is 0 Å². The minimum atomic E-state index is -0.409. The van der Waals surface area contributed by atoms with E-state index in [4.69, 9.17) is 11.6 Å². The summed E-state index contributed by atoms with van der Waals surface area (Å²) in [6, 6.07) is 6.29. The minimum Gasteiger partial charge on any atom is -0.267 e. The van der Waals surface area contributed by atoms with E-state index in [2.05, 4.69) is 15.8 Å². The lowest BCUT2D eigenvalue weighted by Crippen LogP contribution is -2.41. The number of pyridine rings is 1. The quantitative estimate of drug-likeness (QED) is 0.826. The molecule has 0 saturated heterocycles. The molecular weight excluding hydrogens is 274 g/mol. The van der Waals surface area contributed by atoms with Crippen LogP contribution in [0.5, 0.6) is 0 Å². The van der Waals surface area contributed by atoms with Crippen LogP contribution in [0, 0.1) is 0 Å². The second-order valence-electron chi connectivity index (χ2n) is 3.25. The second kappa shape index (κ2) is 5.61. The summed E-state index contributed by atoms with van der Waals surface area (Å²) in [6.07, 6.45) is 2.99. The molecule has 2 aromatic heterocycles. The lowest BCUT2D eigenvalue weighted by molar-refractivity contribution is 0.0849. The monoisotopic (exact) mass is 281 g/mol. The standard InChI is InChI=1S/C11H8ClN3O2S/c12-9-2-1-8(18-9)11(17)15-14-10(16)7-3-5-13-6-4-7/h1-6H,(H,14,16)(H,15,17). The number of carbonyl (C=O) groups is 2. The molecule has 2 aromatic rings. The predicted octanol–water partition coefficient (Wildman–Crippen LogP) is 1.87. The van der Waals surface area contributed by atoms with E-state index in [0.717, 1.165) is 11.3 Å². The van der Waals surface area contributed by atoms with Crippen LogP contribution in [0.3, 0.4) is 0 Å². The van der Waals surface area contributed by atoms with Gasteiger partial charge in [-0.25, -0.2) is 0 Å². The fourth-order valence-electron chi connectivity index (χ4n) is 1.19. The molecule has 2 amide bonds. The molecule has 0 aliphatic rings.